The Morgan fingerprint density at radius 3 is 2.30 bits per heavy atom. The standard InChI is InChI=1S/C20H27NO2/c1-5-15(2)17-10-6-8-12-19(17)23-16(3)14-21-18-11-7-9-13-20(18)22-4/h6-13,15-16,21H,5,14H2,1-4H3. The summed E-state index contributed by atoms with van der Waals surface area (Å²) >= 11 is 0. The summed E-state index contributed by atoms with van der Waals surface area (Å²) in [4.78, 5) is 0. The lowest BCUT2D eigenvalue weighted by molar-refractivity contribution is 0.231. The van der Waals surface area contributed by atoms with Gasteiger partial charge in [-0.25, -0.2) is 0 Å². The molecular formula is C20H27NO2. The first-order valence-electron chi connectivity index (χ1n) is 8.28. The van der Waals surface area contributed by atoms with Crippen molar-refractivity contribution in [2.75, 3.05) is 19.0 Å². The predicted molar refractivity (Wildman–Crippen MR) is 96.7 cm³/mol. The van der Waals surface area contributed by atoms with E-state index in [2.05, 4.69) is 44.3 Å². The second kappa shape index (κ2) is 8.47. The number of anilines is 1. The molecule has 3 heteroatoms. The fourth-order valence-electron chi connectivity index (χ4n) is 2.52. The SMILES string of the molecule is CCC(C)c1ccccc1OC(C)CNc1ccccc1OC. The molecule has 0 amide bonds. The predicted octanol–water partition coefficient (Wildman–Crippen LogP) is 5.09. The maximum absolute atomic E-state index is 6.16. The van der Waals surface area contributed by atoms with Crippen LogP contribution in [-0.4, -0.2) is 19.8 Å². The lowest BCUT2D eigenvalue weighted by Crippen LogP contribution is -2.23. The summed E-state index contributed by atoms with van der Waals surface area (Å²) in [5, 5.41) is 3.40. The minimum atomic E-state index is 0.0603. The fraction of sp³-hybridized carbons (Fsp3) is 0.400. The van der Waals surface area contributed by atoms with Crippen LogP contribution in [0.25, 0.3) is 0 Å². The van der Waals surface area contributed by atoms with Gasteiger partial charge in [-0.3, -0.25) is 0 Å². The van der Waals surface area contributed by atoms with Gasteiger partial charge in [-0.05, 0) is 43.0 Å². The number of benzene rings is 2. The molecule has 124 valence electrons. The van der Waals surface area contributed by atoms with Gasteiger partial charge in [-0.2, -0.15) is 0 Å². The highest BCUT2D eigenvalue weighted by Gasteiger charge is 2.12. The van der Waals surface area contributed by atoms with E-state index in [1.807, 2.05) is 30.3 Å². The maximum Gasteiger partial charge on any atom is 0.141 e. The smallest absolute Gasteiger partial charge is 0.141 e. The molecule has 0 radical (unpaired) electrons. The number of ether oxygens (including phenoxy) is 2. The largest absolute Gasteiger partial charge is 0.495 e. The van der Waals surface area contributed by atoms with E-state index < -0.39 is 0 Å². The first kappa shape index (κ1) is 17.2. The molecular weight excluding hydrogens is 286 g/mol. The summed E-state index contributed by atoms with van der Waals surface area (Å²) in [6, 6.07) is 16.2. The molecule has 0 aliphatic heterocycles. The Hall–Kier alpha value is -2.16. The van der Waals surface area contributed by atoms with Gasteiger partial charge in [-0.15, -0.1) is 0 Å². The van der Waals surface area contributed by atoms with Crippen molar-refractivity contribution in [1.82, 2.24) is 0 Å². The van der Waals surface area contributed by atoms with E-state index in [9.17, 15) is 0 Å². The molecule has 2 aromatic carbocycles. The van der Waals surface area contributed by atoms with Crippen molar-refractivity contribution in [2.24, 2.45) is 0 Å². The van der Waals surface area contributed by atoms with Gasteiger partial charge >= 0.3 is 0 Å². The topological polar surface area (TPSA) is 30.5 Å². The molecule has 0 aliphatic rings. The van der Waals surface area contributed by atoms with Gasteiger partial charge in [0.15, 0.2) is 0 Å². The molecule has 0 heterocycles. The molecule has 0 saturated heterocycles. The van der Waals surface area contributed by atoms with Gasteiger partial charge in [0, 0.05) is 0 Å². The summed E-state index contributed by atoms with van der Waals surface area (Å²) in [6.45, 7) is 7.24. The molecule has 0 fully saturated rings. The van der Waals surface area contributed by atoms with Gasteiger partial charge in [0.2, 0.25) is 0 Å². The summed E-state index contributed by atoms with van der Waals surface area (Å²) < 4.78 is 11.5. The zero-order valence-electron chi connectivity index (χ0n) is 14.5. The number of methoxy groups -OCH3 is 1. The third kappa shape index (κ3) is 4.65. The third-order valence-electron chi connectivity index (χ3n) is 4.08. The Labute approximate surface area is 139 Å². The van der Waals surface area contributed by atoms with Crippen molar-refractivity contribution in [2.45, 2.75) is 39.2 Å². The van der Waals surface area contributed by atoms with E-state index in [1.54, 1.807) is 7.11 Å². The Morgan fingerprint density at radius 2 is 1.61 bits per heavy atom. The van der Waals surface area contributed by atoms with Gasteiger partial charge in [0.25, 0.3) is 0 Å². The molecule has 0 aromatic heterocycles. The first-order valence-corrected chi connectivity index (χ1v) is 8.28. The molecule has 1 N–H and O–H groups in total. The Balaban J connectivity index is 1.99. The Kier molecular flexibility index (Phi) is 6.33. The lowest BCUT2D eigenvalue weighted by Gasteiger charge is -2.21. The molecule has 0 bridgehead atoms. The van der Waals surface area contributed by atoms with Crippen LogP contribution in [0.5, 0.6) is 11.5 Å². The summed E-state index contributed by atoms with van der Waals surface area (Å²) in [7, 11) is 1.68. The van der Waals surface area contributed by atoms with E-state index in [0.717, 1.165) is 30.2 Å². The molecule has 2 unspecified atom stereocenters. The highest BCUT2D eigenvalue weighted by Crippen LogP contribution is 2.29. The number of para-hydroxylation sites is 3. The van der Waals surface area contributed by atoms with E-state index in [-0.39, 0.29) is 6.10 Å². The molecule has 0 spiro atoms. The zero-order valence-corrected chi connectivity index (χ0v) is 14.5. The van der Waals surface area contributed by atoms with E-state index in [0.29, 0.717) is 5.92 Å². The van der Waals surface area contributed by atoms with Crippen molar-refractivity contribution in [3.63, 3.8) is 0 Å². The first-order chi connectivity index (χ1) is 11.2. The fourth-order valence-corrected chi connectivity index (χ4v) is 2.52. The van der Waals surface area contributed by atoms with Crippen LogP contribution >= 0.6 is 0 Å². The molecule has 2 rings (SSSR count). The van der Waals surface area contributed by atoms with Crippen molar-refractivity contribution in [3.8, 4) is 11.5 Å². The minimum absolute atomic E-state index is 0.0603. The van der Waals surface area contributed by atoms with Crippen molar-refractivity contribution in [3.05, 3.63) is 54.1 Å². The molecule has 23 heavy (non-hydrogen) atoms. The Bertz CT molecular complexity index is 612. The van der Waals surface area contributed by atoms with Crippen LogP contribution in [0.1, 0.15) is 38.7 Å². The molecule has 3 nitrogen and oxygen atoms in total. The zero-order chi connectivity index (χ0) is 16.7. The normalized spacial score (nSPS) is 13.2. The summed E-state index contributed by atoms with van der Waals surface area (Å²) in [6.07, 6.45) is 1.17. The van der Waals surface area contributed by atoms with Crippen LogP contribution in [0.15, 0.2) is 48.5 Å². The average Bonchev–Trinajstić information content (AvgIpc) is 2.60. The quantitative estimate of drug-likeness (QED) is 0.736. The van der Waals surface area contributed by atoms with Crippen LogP contribution < -0.4 is 14.8 Å². The summed E-state index contributed by atoms with van der Waals surface area (Å²) in [5.41, 5.74) is 2.26. The van der Waals surface area contributed by atoms with Crippen LogP contribution in [0.3, 0.4) is 0 Å². The number of hydrogen-bond acceptors (Lipinski definition) is 3. The third-order valence-corrected chi connectivity index (χ3v) is 4.08. The molecule has 0 aliphatic carbocycles. The van der Waals surface area contributed by atoms with Crippen molar-refractivity contribution in [1.29, 1.82) is 0 Å². The second-order valence-electron chi connectivity index (χ2n) is 5.86. The van der Waals surface area contributed by atoms with Gasteiger partial charge < -0.3 is 14.8 Å². The van der Waals surface area contributed by atoms with Crippen LogP contribution in [-0.2, 0) is 0 Å². The van der Waals surface area contributed by atoms with E-state index in [1.165, 1.54) is 5.56 Å². The van der Waals surface area contributed by atoms with Crippen LogP contribution in [0, 0.1) is 0 Å². The summed E-state index contributed by atoms with van der Waals surface area (Å²) in [5.74, 6) is 2.33. The van der Waals surface area contributed by atoms with Gasteiger partial charge in [0.1, 0.15) is 17.6 Å². The maximum atomic E-state index is 6.16. The van der Waals surface area contributed by atoms with Crippen LogP contribution in [0.4, 0.5) is 5.69 Å². The van der Waals surface area contributed by atoms with Crippen molar-refractivity contribution >= 4 is 5.69 Å². The highest BCUT2D eigenvalue weighted by molar-refractivity contribution is 5.56. The Morgan fingerprint density at radius 1 is 0.957 bits per heavy atom. The monoisotopic (exact) mass is 313 g/mol. The lowest BCUT2D eigenvalue weighted by atomic mass is 9.98. The number of rotatable bonds is 8. The second-order valence-corrected chi connectivity index (χ2v) is 5.86. The van der Waals surface area contributed by atoms with Gasteiger partial charge in [0.05, 0.1) is 19.3 Å². The average molecular weight is 313 g/mol. The van der Waals surface area contributed by atoms with Crippen LogP contribution in [0.2, 0.25) is 0 Å². The number of hydrogen-bond donors (Lipinski definition) is 1. The van der Waals surface area contributed by atoms with E-state index >= 15 is 0 Å². The molecule has 2 atom stereocenters. The minimum Gasteiger partial charge on any atom is -0.495 e. The van der Waals surface area contributed by atoms with Crippen molar-refractivity contribution < 1.29 is 9.47 Å². The van der Waals surface area contributed by atoms with E-state index in [4.69, 9.17) is 9.47 Å². The molecule has 0 saturated carbocycles. The van der Waals surface area contributed by atoms with Gasteiger partial charge in [-0.1, -0.05) is 44.2 Å². The molecule has 2 aromatic rings. The number of nitrogens with one attached hydrogen (secondary N) is 1. The highest BCUT2D eigenvalue weighted by atomic mass is 16.5.